The number of amides is 1. The highest BCUT2D eigenvalue weighted by atomic mass is 35.5. The second-order valence-electron chi connectivity index (χ2n) is 5.76. The van der Waals surface area contributed by atoms with Crippen LogP contribution in [0.3, 0.4) is 0 Å². The Bertz CT molecular complexity index is 257. The predicted octanol–water partition coefficient (Wildman–Crippen LogP) is 1.73. The fourth-order valence-corrected chi connectivity index (χ4v) is 2.13. The van der Waals surface area contributed by atoms with Crippen LogP contribution in [0.2, 0.25) is 0 Å². The third-order valence-electron chi connectivity index (χ3n) is 3.38. The first-order valence-electron chi connectivity index (χ1n) is 6.53. The second kappa shape index (κ2) is 7.97. The zero-order chi connectivity index (χ0) is 12.9. The van der Waals surface area contributed by atoms with Gasteiger partial charge < -0.3 is 15.4 Å². The quantitative estimate of drug-likeness (QED) is 0.805. The molecule has 5 heteroatoms. The Kier molecular flexibility index (Phi) is 7.83. The van der Waals surface area contributed by atoms with E-state index in [-0.39, 0.29) is 36.4 Å². The number of carbonyl (C=O) groups excluding carboxylic acids is 1. The molecule has 18 heavy (non-hydrogen) atoms. The summed E-state index contributed by atoms with van der Waals surface area (Å²) < 4.78 is 5.26. The largest absolute Gasteiger partial charge is 0.369 e. The first-order chi connectivity index (χ1) is 7.92. The Balaban J connectivity index is 0.00000289. The standard InChI is InChI=1S/C13H26N2O2.ClH/c1-10(2)17-9-12(16)15-8-11-13(3,4)6-5-7-14-11;/h10-11,14H,5-9H2,1-4H3,(H,15,16);1H. The molecule has 1 aliphatic rings. The van der Waals surface area contributed by atoms with Gasteiger partial charge in [0.15, 0.2) is 0 Å². The SMILES string of the molecule is CC(C)OCC(=O)NCC1NCCCC1(C)C.Cl. The summed E-state index contributed by atoms with van der Waals surface area (Å²) in [7, 11) is 0. The van der Waals surface area contributed by atoms with Gasteiger partial charge in [-0.3, -0.25) is 4.79 Å². The normalized spacial score (nSPS) is 22.4. The summed E-state index contributed by atoms with van der Waals surface area (Å²) in [5.74, 6) is -0.0260. The summed E-state index contributed by atoms with van der Waals surface area (Å²) in [5.41, 5.74) is 0.254. The molecule has 0 saturated carbocycles. The molecular formula is C13H27ClN2O2. The highest BCUT2D eigenvalue weighted by Gasteiger charge is 2.31. The van der Waals surface area contributed by atoms with Crippen molar-refractivity contribution in [2.75, 3.05) is 19.7 Å². The molecule has 0 aliphatic carbocycles. The molecule has 1 amide bonds. The minimum atomic E-state index is -0.0260. The number of piperidine rings is 1. The topological polar surface area (TPSA) is 50.4 Å². The maximum atomic E-state index is 11.5. The van der Waals surface area contributed by atoms with Crippen LogP contribution in [0, 0.1) is 5.41 Å². The zero-order valence-corrected chi connectivity index (χ0v) is 12.7. The summed E-state index contributed by atoms with van der Waals surface area (Å²) in [6.07, 6.45) is 2.53. The van der Waals surface area contributed by atoms with Gasteiger partial charge >= 0.3 is 0 Å². The third kappa shape index (κ3) is 6.03. The third-order valence-corrected chi connectivity index (χ3v) is 3.38. The van der Waals surface area contributed by atoms with Crippen LogP contribution >= 0.6 is 12.4 Å². The van der Waals surface area contributed by atoms with E-state index in [1.165, 1.54) is 12.8 Å². The van der Waals surface area contributed by atoms with E-state index in [0.29, 0.717) is 12.6 Å². The van der Waals surface area contributed by atoms with Gasteiger partial charge in [-0.15, -0.1) is 12.4 Å². The summed E-state index contributed by atoms with van der Waals surface area (Å²) in [6.45, 7) is 10.3. The second-order valence-corrected chi connectivity index (χ2v) is 5.76. The van der Waals surface area contributed by atoms with E-state index in [1.807, 2.05) is 13.8 Å². The van der Waals surface area contributed by atoms with E-state index in [9.17, 15) is 4.79 Å². The van der Waals surface area contributed by atoms with Crippen molar-refractivity contribution in [2.24, 2.45) is 5.41 Å². The lowest BCUT2D eigenvalue weighted by atomic mass is 9.77. The first kappa shape index (κ1) is 17.7. The van der Waals surface area contributed by atoms with E-state index in [0.717, 1.165) is 6.54 Å². The molecular weight excluding hydrogens is 252 g/mol. The Morgan fingerprint density at radius 1 is 1.50 bits per heavy atom. The molecule has 0 aromatic rings. The van der Waals surface area contributed by atoms with Crippen LogP contribution in [0.15, 0.2) is 0 Å². The molecule has 1 atom stereocenters. The molecule has 0 spiro atoms. The van der Waals surface area contributed by atoms with Crippen molar-refractivity contribution >= 4 is 18.3 Å². The average molecular weight is 279 g/mol. The van der Waals surface area contributed by atoms with Crippen molar-refractivity contribution in [2.45, 2.75) is 52.7 Å². The molecule has 108 valence electrons. The fourth-order valence-electron chi connectivity index (χ4n) is 2.13. The van der Waals surface area contributed by atoms with Crippen molar-refractivity contribution in [3.8, 4) is 0 Å². The van der Waals surface area contributed by atoms with E-state index >= 15 is 0 Å². The van der Waals surface area contributed by atoms with Crippen LogP contribution in [0.25, 0.3) is 0 Å². The van der Waals surface area contributed by atoms with Crippen molar-refractivity contribution < 1.29 is 9.53 Å². The van der Waals surface area contributed by atoms with Gasteiger partial charge in [0.1, 0.15) is 6.61 Å². The van der Waals surface area contributed by atoms with Gasteiger partial charge in [0, 0.05) is 12.6 Å². The van der Waals surface area contributed by atoms with E-state index in [2.05, 4.69) is 24.5 Å². The van der Waals surface area contributed by atoms with E-state index in [4.69, 9.17) is 4.74 Å². The van der Waals surface area contributed by atoms with Crippen molar-refractivity contribution in [3.05, 3.63) is 0 Å². The molecule has 1 aliphatic heterocycles. The molecule has 0 aromatic carbocycles. The number of carbonyl (C=O) groups is 1. The lowest BCUT2D eigenvalue weighted by Gasteiger charge is -2.39. The van der Waals surface area contributed by atoms with Gasteiger partial charge in [0.25, 0.3) is 0 Å². The summed E-state index contributed by atoms with van der Waals surface area (Å²) in [6, 6.07) is 0.360. The molecule has 2 N–H and O–H groups in total. The minimum absolute atomic E-state index is 0. The molecule has 1 fully saturated rings. The number of rotatable bonds is 5. The van der Waals surface area contributed by atoms with Crippen LogP contribution in [-0.2, 0) is 9.53 Å². The predicted molar refractivity (Wildman–Crippen MR) is 76.2 cm³/mol. The maximum absolute atomic E-state index is 11.5. The van der Waals surface area contributed by atoms with Crippen molar-refractivity contribution in [1.82, 2.24) is 10.6 Å². The van der Waals surface area contributed by atoms with Gasteiger partial charge in [-0.05, 0) is 38.6 Å². The summed E-state index contributed by atoms with van der Waals surface area (Å²) >= 11 is 0. The number of halogens is 1. The summed E-state index contributed by atoms with van der Waals surface area (Å²) in [5, 5.41) is 6.41. The number of hydrogen-bond acceptors (Lipinski definition) is 3. The van der Waals surface area contributed by atoms with E-state index in [1.54, 1.807) is 0 Å². The molecule has 1 saturated heterocycles. The van der Waals surface area contributed by atoms with Gasteiger partial charge in [-0.2, -0.15) is 0 Å². The molecule has 1 unspecified atom stereocenters. The lowest BCUT2D eigenvalue weighted by Crippen LogP contribution is -2.53. The lowest BCUT2D eigenvalue weighted by molar-refractivity contribution is -0.127. The Hall–Kier alpha value is -0.320. The number of hydrogen-bond donors (Lipinski definition) is 2. The van der Waals surface area contributed by atoms with Crippen LogP contribution in [-0.4, -0.2) is 37.7 Å². The summed E-state index contributed by atoms with van der Waals surface area (Å²) in [4.78, 5) is 11.5. The molecule has 1 rings (SSSR count). The highest BCUT2D eigenvalue weighted by molar-refractivity contribution is 5.85. The Labute approximate surface area is 117 Å². The molecule has 0 aromatic heterocycles. The van der Waals surface area contributed by atoms with Gasteiger partial charge in [-0.1, -0.05) is 13.8 Å². The van der Waals surface area contributed by atoms with Gasteiger partial charge in [-0.25, -0.2) is 0 Å². The van der Waals surface area contributed by atoms with Crippen LogP contribution in [0.1, 0.15) is 40.5 Å². The van der Waals surface area contributed by atoms with E-state index < -0.39 is 0 Å². The van der Waals surface area contributed by atoms with Crippen LogP contribution in [0.4, 0.5) is 0 Å². The van der Waals surface area contributed by atoms with Gasteiger partial charge in [0.05, 0.1) is 6.10 Å². The van der Waals surface area contributed by atoms with Crippen molar-refractivity contribution in [1.29, 1.82) is 0 Å². The fraction of sp³-hybridized carbons (Fsp3) is 0.923. The Morgan fingerprint density at radius 2 is 2.17 bits per heavy atom. The van der Waals surface area contributed by atoms with Gasteiger partial charge in [0.2, 0.25) is 5.91 Å². The maximum Gasteiger partial charge on any atom is 0.246 e. The Morgan fingerprint density at radius 3 is 2.72 bits per heavy atom. The molecule has 0 radical (unpaired) electrons. The van der Waals surface area contributed by atoms with Crippen molar-refractivity contribution in [3.63, 3.8) is 0 Å². The average Bonchev–Trinajstić information content (AvgIpc) is 2.24. The highest BCUT2D eigenvalue weighted by Crippen LogP contribution is 2.29. The first-order valence-corrected chi connectivity index (χ1v) is 6.53. The number of nitrogens with one attached hydrogen (secondary N) is 2. The molecule has 4 nitrogen and oxygen atoms in total. The van der Waals surface area contributed by atoms with Crippen LogP contribution in [0.5, 0.6) is 0 Å². The molecule has 1 heterocycles. The monoisotopic (exact) mass is 278 g/mol. The molecule has 0 bridgehead atoms. The minimum Gasteiger partial charge on any atom is -0.369 e. The zero-order valence-electron chi connectivity index (χ0n) is 11.9. The number of ether oxygens (including phenoxy) is 1. The van der Waals surface area contributed by atoms with Crippen LogP contribution < -0.4 is 10.6 Å². The smallest absolute Gasteiger partial charge is 0.246 e.